The molecule has 0 bridgehead atoms. The Hall–Kier alpha value is -0.810. The van der Waals surface area contributed by atoms with Crippen molar-refractivity contribution in [2.75, 3.05) is 19.1 Å². The van der Waals surface area contributed by atoms with Crippen LogP contribution in [0, 0.1) is 5.92 Å². The predicted octanol–water partition coefficient (Wildman–Crippen LogP) is 3.99. The molecule has 1 fully saturated rings. The van der Waals surface area contributed by atoms with Crippen molar-refractivity contribution in [1.29, 1.82) is 0 Å². The molecule has 1 heterocycles. The van der Waals surface area contributed by atoms with Crippen molar-refractivity contribution in [1.82, 2.24) is 4.98 Å². The second-order valence-corrected chi connectivity index (χ2v) is 6.64. The van der Waals surface area contributed by atoms with Gasteiger partial charge in [-0.2, -0.15) is 0 Å². The van der Waals surface area contributed by atoms with Gasteiger partial charge in [-0.25, -0.2) is 9.78 Å². The summed E-state index contributed by atoms with van der Waals surface area (Å²) in [4.78, 5) is 18.4. The average Bonchev–Trinajstić information content (AvgIpc) is 2.87. The minimum atomic E-state index is -0.415. The van der Waals surface area contributed by atoms with Gasteiger partial charge in [-0.05, 0) is 31.6 Å². The van der Waals surface area contributed by atoms with Crippen molar-refractivity contribution < 1.29 is 9.53 Å². The maximum absolute atomic E-state index is 11.6. The van der Waals surface area contributed by atoms with Crippen molar-refractivity contribution in [3.8, 4) is 0 Å². The molecule has 112 valence electrons. The van der Waals surface area contributed by atoms with Crippen molar-refractivity contribution in [2.24, 2.45) is 5.92 Å². The lowest BCUT2D eigenvalue weighted by Crippen LogP contribution is -2.35. The van der Waals surface area contributed by atoms with Crippen LogP contribution in [-0.4, -0.2) is 31.2 Å². The third-order valence-corrected chi connectivity index (χ3v) is 5.70. The van der Waals surface area contributed by atoms with Crippen molar-refractivity contribution in [3.63, 3.8) is 0 Å². The normalized spacial score (nSPS) is 22.6. The molecule has 0 radical (unpaired) electrons. The van der Waals surface area contributed by atoms with E-state index in [-0.39, 0.29) is 5.15 Å². The molecule has 1 aliphatic carbocycles. The first-order valence-corrected chi connectivity index (χ1v) is 8.23. The molecule has 4 nitrogen and oxygen atoms in total. The largest absolute Gasteiger partial charge is 0.465 e. The average molecular weight is 317 g/mol. The van der Waals surface area contributed by atoms with Crippen molar-refractivity contribution in [2.45, 2.75) is 45.1 Å². The summed E-state index contributed by atoms with van der Waals surface area (Å²) in [5.74, 6) is 0.451. The fourth-order valence-electron chi connectivity index (χ4n) is 2.76. The quantitative estimate of drug-likeness (QED) is 0.788. The van der Waals surface area contributed by atoms with Crippen molar-refractivity contribution >= 4 is 34.0 Å². The van der Waals surface area contributed by atoms with E-state index in [9.17, 15) is 4.79 Å². The summed E-state index contributed by atoms with van der Waals surface area (Å²) in [6.45, 7) is 2.26. The Morgan fingerprint density at radius 2 is 2.10 bits per heavy atom. The van der Waals surface area contributed by atoms with E-state index in [1.807, 2.05) is 7.05 Å². The third-order valence-electron chi connectivity index (χ3n) is 4.19. The van der Waals surface area contributed by atoms with E-state index in [1.165, 1.54) is 50.6 Å². The fraction of sp³-hybridized carbons (Fsp3) is 0.714. The smallest absolute Gasteiger partial charge is 0.351 e. The summed E-state index contributed by atoms with van der Waals surface area (Å²) in [6.07, 6.45) is 6.18. The highest BCUT2D eigenvalue weighted by molar-refractivity contribution is 7.18. The molecule has 2 rings (SSSR count). The van der Waals surface area contributed by atoms with Gasteiger partial charge in [-0.1, -0.05) is 36.3 Å². The van der Waals surface area contributed by atoms with E-state index < -0.39 is 5.97 Å². The molecule has 0 aromatic carbocycles. The first-order valence-electron chi connectivity index (χ1n) is 7.04. The minimum absolute atomic E-state index is 0.242. The number of anilines is 1. The van der Waals surface area contributed by atoms with Gasteiger partial charge in [0.1, 0.15) is 0 Å². The van der Waals surface area contributed by atoms with Gasteiger partial charge in [0, 0.05) is 13.1 Å². The lowest BCUT2D eigenvalue weighted by molar-refractivity contribution is 0.0606. The van der Waals surface area contributed by atoms with Crippen LogP contribution >= 0.6 is 22.9 Å². The van der Waals surface area contributed by atoms with Crippen molar-refractivity contribution in [3.05, 3.63) is 10.0 Å². The molecule has 1 aromatic heterocycles. The molecule has 20 heavy (non-hydrogen) atoms. The Morgan fingerprint density at radius 1 is 1.45 bits per heavy atom. The number of thiazole rings is 1. The molecule has 0 spiro atoms. The van der Waals surface area contributed by atoms with Crippen LogP contribution in [-0.2, 0) is 4.74 Å². The number of esters is 1. The maximum atomic E-state index is 11.6. The van der Waals surface area contributed by atoms with Gasteiger partial charge in [-0.3, -0.25) is 0 Å². The van der Waals surface area contributed by atoms with E-state index in [0.29, 0.717) is 10.9 Å². The fourth-order valence-corrected chi connectivity index (χ4v) is 3.99. The summed E-state index contributed by atoms with van der Waals surface area (Å²) in [7, 11) is 3.39. The first kappa shape index (κ1) is 15.6. The topological polar surface area (TPSA) is 42.4 Å². The number of halogens is 1. The highest BCUT2D eigenvalue weighted by atomic mass is 35.5. The standard InChI is InChI=1S/C14H21ClN2O2S/c1-4-9-5-7-10(8-6-9)17(2)14-16-12(15)11(20-14)13(18)19-3/h9-10H,4-8H2,1-3H3. The van der Waals surface area contributed by atoms with E-state index in [2.05, 4.69) is 16.8 Å². The van der Waals surface area contributed by atoms with Crippen LogP contribution in [0.2, 0.25) is 5.15 Å². The van der Waals surface area contributed by atoms with Crippen LogP contribution in [0.4, 0.5) is 5.13 Å². The minimum Gasteiger partial charge on any atom is -0.465 e. The third kappa shape index (κ3) is 3.26. The molecule has 1 aliphatic rings. The monoisotopic (exact) mass is 316 g/mol. The Morgan fingerprint density at radius 3 is 2.65 bits per heavy atom. The van der Waals surface area contributed by atoms with Crippen LogP contribution in [0.1, 0.15) is 48.7 Å². The SMILES string of the molecule is CCC1CCC(N(C)c2nc(Cl)c(C(=O)OC)s2)CC1. The number of ether oxygens (including phenoxy) is 1. The predicted molar refractivity (Wildman–Crippen MR) is 82.9 cm³/mol. The molecular weight excluding hydrogens is 296 g/mol. The Balaban J connectivity index is 2.06. The van der Waals surface area contributed by atoms with Crippen LogP contribution in [0.3, 0.4) is 0 Å². The molecule has 6 heteroatoms. The number of nitrogens with zero attached hydrogens (tertiary/aromatic N) is 2. The Bertz CT molecular complexity index is 470. The van der Waals surface area contributed by atoms with Crippen LogP contribution in [0.25, 0.3) is 0 Å². The number of methoxy groups -OCH3 is 1. The molecule has 0 unspecified atom stereocenters. The zero-order valence-corrected chi connectivity index (χ0v) is 13.8. The van der Waals surface area contributed by atoms with Crippen LogP contribution < -0.4 is 4.90 Å². The van der Waals surface area contributed by atoms with Gasteiger partial charge < -0.3 is 9.64 Å². The number of carbonyl (C=O) groups excluding carboxylic acids is 1. The lowest BCUT2D eigenvalue weighted by Gasteiger charge is -2.34. The zero-order chi connectivity index (χ0) is 14.7. The van der Waals surface area contributed by atoms with Gasteiger partial charge in [0.05, 0.1) is 7.11 Å². The maximum Gasteiger partial charge on any atom is 0.351 e. The number of hydrogen-bond acceptors (Lipinski definition) is 5. The molecule has 1 saturated carbocycles. The summed E-state index contributed by atoms with van der Waals surface area (Å²) in [5, 5.41) is 1.04. The van der Waals surface area contributed by atoms with Gasteiger partial charge in [0.15, 0.2) is 15.2 Å². The number of aromatic nitrogens is 1. The molecule has 1 aromatic rings. The molecule has 0 aliphatic heterocycles. The first-order chi connectivity index (χ1) is 9.56. The summed E-state index contributed by atoms with van der Waals surface area (Å²) >= 11 is 7.33. The second kappa shape index (κ2) is 6.76. The lowest BCUT2D eigenvalue weighted by atomic mass is 9.84. The van der Waals surface area contributed by atoms with Gasteiger partial charge in [0.2, 0.25) is 0 Å². The van der Waals surface area contributed by atoms with E-state index >= 15 is 0 Å². The summed E-state index contributed by atoms with van der Waals surface area (Å²) in [5.41, 5.74) is 0. The van der Waals surface area contributed by atoms with E-state index in [4.69, 9.17) is 16.3 Å². The van der Waals surface area contributed by atoms with Crippen LogP contribution in [0.15, 0.2) is 0 Å². The van der Waals surface area contributed by atoms with Gasteiger partial charge >= 0.3 is 5.97 Å². The molecule has 0 N–H and O–H groups in total. The molecular formula is C14H21ClN2O2S. The highest BCUT2D eigenvalue weighted by Gasteiger charge is 2.26. The molecule has 0 amide bonds. The van der Waals surface area contributed by atoms with E-state index in [0.717, 1.165) is 11.0 Å². The van der Waals surface area contributed by atoms with Gasteiger partial charge in [0.25, 0.3) is 0 Å². The van der Waals surface area contributed by atoms with E-state index in [1.54, 1.807) is 0 Å². The zero-order valence-electron chi connectivity index (χ0n) is 12.2. The summed E-state index contributed by atoms with van der Waals surface area (Å²) < 4.78 is 4.71. The summed E-state index contributed by atoms with van der Waals surface area (Å²) in [6, 6.07) is 0.491. The Labute approximate surface area is 129 Å². The van der Waals surface area contributed by atoms with Gasteiger partial charge in [-0.15, -0.1) is 0 Å². The van der Waals surface area contributed by atoms with Crippen LogP contribution in [0.5, 0.6) is 0 Å². The number of carbonyl (C=O) groups is 1. The Kier molecular flexibility index (Phi) is 5.27. The molecule has 0 atom stereocenters. The highest BCUT2D eigenvalue weighted by Crippen LogP contribution is 2.35. The number of rotatable bonds is 4. The number of hydrogen-bond donors (Lipinski definition) is 0. The second-order valence-electron chi connectivity index (χ2n) is 5.30. The molecule has 0 saturated heterocycles.